The van der Waals surface area contributed by atoms with Gasteiger partial charge in [-0.15, -0.1) is 0 Å². The largest absolute Gasteiger partial charge is 0.506 e. The number of furan rings is 1. The number of phenolic OH excluding ortho intramolecular Hbond substituents is 28. The number of anilines is 3. The van der Waals surface area contributed by atoms with Crippen LogP contribution in [0, 0.1) is 0 Å². The first-order chi connectivity index (χ1) is 34.9. The molecule has 0 bridgehead atoms. The van der Waals surface area contributed by atoms with Gasteiger partial charge in [0.1, 0.15) is 47.9 Å². The van der Waals surface area contributed by atoms with Crippen molar-refractivity contribution in [3.05, 3.63) is 0 Å². The van der Waals surface area contributed by atoms with E-state index in [-0.39, 0.29) is 4.90 Å². The molecule has 0 unspecified atom stereocenters. The van der Waals surface area contributed by atoms with Crippen molar-refractivity contribution in [1.29, 1.82) is 0 Å². The molecule has 0 fully saturated rings. The molecule has 0 aliphatic rings. The molecule has 0 saturated heterocycles. The summed E-state index contributed by atoms with van der Waals surface area (Å²) in [7, 11) is 0.710. The zero-order chi connectivity index (χ0) is 55.7. The average Bonchev–Trinajstić information content (AvgIpc) is 3.78. The van der Waals surface area contributed by atoms with E-state index in [4.69, 9.17) is 4.42 Å². The smallest absolute Gasteiger partial charge is 0.208 e. The lowest BCUT2D eigenvalue weighted by molar-refractivity contribution is 0.329. The number of phenols is 28. The van der Waals surface area contributed by atoms with Crippen LogP contribution in [0.15, 0.2) is 4.42 Å². The summed E-state index contributed by atoms with van der Waals surface area (Å²) in [4.78, 5) is -0.135. The number of aromatic hydroxyl groups is 28. The lowest BCUT2D eigenvalue weighted by Crippen LogP contribution is -2.17. The van der Waals surface area contributed by atoms with E-state index in [0.29, 0.717) is 7.85 Å². The monoisotopic (exact) mass is 1050 g/mol. The Kier molecular flexibility index (Phi) is 9.79. The van der Waals surface area contributed by atoms with Crippen molar-refractivity contribution in [1.82, 2.24) is 0 Å². The molecule has 9 aromatic rings. The van der Waals surface area contributed by atoms with Gasteiger partial charge in [-0.05, 0) is 5.46 Å². The van der Waals surface area contributed by atoms with Crippen molar-refractivity contribution in [3.8, 4) is 183 Å². The van der Waals surface area contributed by atoms with Gasteiger partial charge in [0.2, 0.25) is 57.5 Å². The molecule has 0 spiro atoms. The fourth-order valence-corrected chi connectivity index (χ4v) is 8.88. The van der Waals surface area contributed by atoms with Crippen LogP contribution < -0.4 is 10.4 Å². The van der Waals surface area contributed by atoms with E-state index in [1.165, 1.54) is 0 Å². The molecule has 0 aliphatic heterocycles. The number of nitrogens with zero attached hydrogens (tertiary/aromatic N) is 1. The van der Waals surface area contributed by atoms with Crippen LogP contribution in [0.4, 0.5) is 17.1 Å². The van der Waals surface area contributed by atoms with E-state index in [2.05, 4.69) is 0 Å². The van der Waals surface area contributed by atoms with Crippen molar-refractivity contribution in [3.63, 3.8) is 0 Å². The van der Waals surface area contributed by atoms with Gasteiger partial charge < -0.3 is 147 Å². The number of hydrogen-bond acceptors (Lipinski definition) is 30. The summed E-state index contributed by atoms with van der Waals surface area (Å²) in [5.74, 6) is -46.3. The Bertz CT molecular complexity index is 4130. The second-order valence-corrected chi connectivity index (χ2v) is 16.3. The van der Waals surface area contributed by atoms with Gasteiger partial charge in [0.25, 0.3) is 0 Å². The molecule has 9 rings (SSSR count). The summed E-state index contributed by atoms with van der Waals surface area (Å²) in [5.41, 5.74) is -13.7. The van der Waals surface area contributed by atoms with Crippen LogP contribution in [0.5, 0.6) is 161 Å². The molecule has 31 heteroatoms. The average molecular weight is 1050 g/mol. The summed E-state index contributed by atoms with van der Waals surface area (Å²) in [6.45, 7) is 0. The highest BCUT2D eigenvalue weighted by molar-refractivity contribution is 6.40. The molecule has 0 radical (unpaired) electrons. The number of benzene rings is 8. The molecule has 1 heterocycles. The summed E-state index contributed by atoms with van der Waals surface area (Å²) < 4.78 is 5.35. The Morgan fingerprint density at radius 3 is 0.867 bits per heavy atom. The normalized spacial score (nSPS) is 11.7. The van der Waals surface area contributed by atoms with Gasteiger partial charge in [0, 0.05) is 5.56 Å². The summed E-state index contributed by atoms with van der Waals surface area (Å²) in [6.07, 6.45) is 0. The fraction of sp³-hybridized carbons (Fsp3) is 0. The van der Waals surface area contributed by atoms with Crippen LogP contribution in [-0.2, 0) is 0 Å². The molecular formula is C44H30BNO29. The predicted octanol–water partition coefficient (Wildman–Crippen LogP) is 2.71. The Hall–Kier alpha value is -11.7. The number of fused-ring (bicyclic) bond motifs is 5. The zero-order valence-electron chi connectivity index (χ0n) is 36.4. The SMILES string of the molecule is Bc1c(O)c(N(c2c(O)c(O)c(O)c(O)c2O)c2c(O)c(O)c(O)c3oc4c(O)c(O)c(O)c(O)c4c23)c(O)c(O)c1-c1c(O)c(O)c2c(O)c(O)c(-c3c(O)c(O)c4c(O)c(O)c(O)c(O)c4c3O)c(O)c2c1O. The topological polar surface area (TPSA) is 583 Å². The van der Waals surface area contributed by atoms with Gasteiger partial charge in [-0.25, -0.2) is 0 Å². The van der Waals surface area contributed by atoms with Crippen LogP contribution in [0.25, 0.3) is 65.7 Å². The molecule has 75 heavy (non-hydrogen) atoms. The zero-order valence-corrected chi connectivity index (χ0v) is 36.4. The molecule has 8 aromatic carbocycles. The van der Waals surface area contributed by atoms with Gasteiger partial charge in [-0.2, -0.15) is 0 Å². The van der Waals surface area contributed by atoms with Crippen molar-refractivity contribution in [2.45, 2.75) is 0 Å². The fourth-order valence-electron chi connectivity index (χ4n) is 8.88. The van der Waals surface area contributed by atoms with E-state index in [0.717, 1.165) is 0 Å². The second-order valence-electron chi connectivity index (χ2n) is 16.3. The molecule has 1 aromatic heterocycles. The van der Waals surface area contributed by atoms with Gasteiger partial charge >= 0.3 is 0 Å². The lowest BCUT2D eigenvalue weighted by atomic mass is 9.82. The highest BCUT2D eigenvalue weighted by atomic mass is 16.4. The summed E-state index contributed by atoms with van der Waals surface area (Å²) in [6, 6.07) is 0. The number of hydrogen-bond donors (Lipinski definition) is 28. The minimum absolute atomic E-state index is 0.135. The van der Waals surface area contributed by atoms with Crippen molar-refractivity contribution >= 4 is 73.9 Å². The molecule has 388 valence electrons. The van der Waals surface area contributed by atoms with Crippen LogP contribution in [-0.4, -0.2) is 151 Å². The highest BCUT2D eigenvalue weighted by Gasteiger charge is 2.42. The van der Waals surface area contributed by atoms with Crippen LogP contribution in [0.3, 0.4) is 0 Å². The molecular weight excluding hydrogens is 1020 g/mol. The molecule has 0 aliphatic carbocycles. The first-order valence-corrected chi connectivity index (χ1v) is 20.1. The quantitative estimate of drug-likeness (QED) is 0.0669. The second kappa shape index (κ2) is 15.2. The molecule has 0 atom stereocenters. The van der Waals surface area contributed by atoms with Gasteiger partial charge in [0.15, 0.2) is 91.7 Å². The van der Waals surface area contributed by atoms with Crippen molar-refractivity contribution < 1.29 is 147 Å². The molecule has 28 N–H and O–H groups in total. The Labute approximate surface area is 408 Å². The van der Waals surface area contributed by atoms with Crippen LogP contribution in [0.2, 0.25) is 0 Å². The standard InChI is InChI=1S/C44H30BNO29/c45-11-1(3-15(47)4-8(22(54)19(3)51)23(55)20(52)5(16(4)48)6-17(49)7-9(24(56)21(6)53)26(58)34(66)33(65)25(7)57)18(50)30(62)13(28(11)60)46(14-31(63)36(68)39(71)37(69)32(14)64)12-2-10-27(59)35(67)40(72)42(74)44(10)75-43(2)41(73)38(70)29(12)61/h47-74H,45H2. The van der Waals surface area contributed by atoms with Crippen molar-refractivity contribution in [2.24, 2.45) is 0 Å². The molecule has 30 nitrogen and oxygen atoms in total. The first-order valence-electron chi connectivity index (χ1n) is 20.1. The third kappa shape index (κ3) is 5.66. The first kappa shape index (κ1) is 48.4. The Balaban J connectivity index is 1.43. The number of rotatable bonds is 5. The Morgan fingerprint density at radius 1 is 0.200 bits per heavy atom. The molecule has 0 saturated carbocycles. The third-order valence-electron chi connectivity index (χ3n) is 12.5. The van der Waals surface area contributed by atoms with E-state index in [1.807, 2.05) is 0 Å². The van der Waals surface area contributed by atoms with Gasteiger partial charge in [-0.1, -0.05) is 0 Å². The maximum absolute atomic E-state index is 12.2. The maximum atomic E-state index is 12.2. The van der Waals surface area contributed by atoms with Gasteiger partial charge in [-0.3, -0.25) is 4.90 Å². The van der Waals surface area contributed by atoms with Crippen molar-refractivity contribution in [2.75, 3.05) is 4.90 Å². The van der Waals surface area contributed by atoms with E-state index in [1.54, 1.807) is 0 Å². The Morgan fingerprint density at radius 2 is 0.440 bits per heavy atom. The third-order valence-corrected chi connectivity index (χ3v) is 12.5. The minimum atomic E-state index is -1.92. The summed E-state index contributed by atoms with van der Waals surface area (Å²) in [5, 5.41) is 303. The highest BCUT2D eigenvalue weighted by Crippen LogP contribution is 2.69. The van der Waals surface area contributed by atoms with E-state index < -0.39 is 249 Å². The maximum Gasteiger partial charge on any atom is 0.208 e. The van der Waals surface area contributed by atoms with E-state index in [9.17, 15) is 143 Å². The van der Waals surface area contributed by atoms with Crippen LogP contribution in [0.1, 0.15) is 0 Å². The predicted molar refractivity (Wildman–Crippen MR) is 249 cm³/mol. The van der Waals surface area contributed by atoms with Gasteiger partial charge in [0.05, 0.1) is 49.0 Å². The minimum Gasteiger partial charge on any atom is -0.506 e. The molecule has 0 amide bonds. The summed E-state index contributed by atoms with van der Waals surface area (Å²) >= 11 is 0. The lowest BCUT2D eigenvalue weighted by Gasteiger charge is -2.31. The van der Waals surface area contributed by atoms with E-state index >= 15 is 0 Å². The van der Waals surface area contributed by atoms with Crippen LogP contribution >= 0.6 is 0 Å².